The largest absolute Gasteiger partial charge is 0.497 e. The van der Waals surface area contributed by atoms with Crippen LogP contribution in [0.1, 0.15) is 29.9 Å². The average molecular weight is 473 g/mol. The van der Waals surface area contributed by atoms with Crippen LogP contribution in [0.5, 0.6) is 11.5 Å². The second kappa shape index (κ2) is 9.80. The van der Waals surface area contributed by atoms with E-state index in [1.807, 2.05) is 24.3 Å². The summed E-state index contributed by atoms with van der Waals surface area (Å²) in [7, 11) is -2.21. The molecule has 2 aliphatic heterocycles. The summed E-state index contributed by atoms with van der Waals surface area (Å²) in [5.41, 5.74) is 7.69. The number of nitrogens with two attached hydrogens (primary N) is 1. The van der Waals surface area contributed by atoms with E-state index in [9.17, 15) is 13.2 Å². The molecule has 176 valence electrons. The summed E-state index contributed by atoms with van der Waals surface area (Å²) in [6, 6.07) is 12.7. The number of rotatable bonds is 8. The van der Waals surface area contributed by atoms with Crippen LogP contribution in [-0.2, 0) is 15.0 Å². The molecule has 0 spiro atoms. The highest BCUT2D eigenvalue weighted by Crippen LogP contribution is 2.31. The number of aldehydes is 1. The number of hydrogen-bond acceptors (Lipinski definition) is 7. The lowest BCUT2D eigenvalue weighted by atomic mass is 9.95. The van der Waals surface area contributed by atoms with Crippen molar-refractivity contribution >= 4 is 28.0 Å². The maximum atomic E-state index is 11.8. The van der Waals surface area contributed by atoms with Gasteiger partial charge in [-0.1, -0.05) is 18.2 Å². The second-order valence-electron chi connectivity index (χ2n) is 8.33. The van der Waals surface area contributed by atoms with Gasteiger partial charge < -0.3 is 24.9 Å². The highest BCUT2D eigenvalue weighted by Gasteiger charge is 2.27. The zero-order valence-electron chi connectivity index (χ0n) is 18.4. The van der Waals surface area contributed by atoms with Crippen LogP contribution in [0.25, 0.3) is 0 Å². The van der Waals surface area contributed by atoms with Crippen LogP contribution in [0.4, 0.5) is 5.69 Å². The van der Waals surface area contributed by atoms with Crippen molar-refractivity contribution in [3.05, 3.63) is 53.6 Å². The Labute approximate surface area is 193 Å². The number of nitrogens with zero attached hydrogens (tertiary/aromatic N) is 2. The first-order chi connectivity index (χ1) is 15.9. The Kier molecular flexibility index (Phi) is 6.85. The van der Waals surface area contributed by atoms with Crippen LogP contribution < -0.4 is 19.9 Å². The number of amidine groups is 1. The predicted molar refractivity (Wildman–Crippen MR) is 126 cm³/mol. The smallest absolute Gasteiger partial charge is 0.344 e. The summed E-state index contributed by atoms with van der Waals surface area (Å²) < 4.78 is 40.7. The number of likely N-dealkylation sites (tertiary alicyclic amines) is 1. The highest BCUT2D eigenvalue weighted by atomic mass is 32.2. The lowest BCUT2D eigenvalue weighted by Gasteiger charge is -2.34. The SMILES string of the molecule is COc1ccc(C(C=O)CN2CCC[C@H](COc3cccc4c3C(N)=NS(=O)(=O)N4)C2)cc1. The maximum absolute atomic E-state index is 11.8. The molecule has 2 aromatic carbocycles. The molecular weight excluding hydrogens is 444 g/mol. The predicted octanol–water partition coefficient (Wildman–Crippen LogP) is 2.14. The summed E-state index contributed by atoms with van der Waals surface area (Å²) in [6.07, 6.45) is 3.02. The van der Waals surface area contributed by atoms with Crippen LogP contribution >= 0.6 is 0 Å². The molecule has 2 atom stereocenters. The Morgan fingerprint density at radius 3 is 2.79 bits per heavy atom. The van der Waals surface area contributed by atoms with Gasteiger partial charge in [-0.15, -0.1) is 4.40 Å². The normalized spacial score (nSPS) is 20.6. The lowest BCUT2D eigenvalue weighted by molar-refractivity contribution is -0.109. The zero-order chi connectivity index (χ0) is 23.4. The zero-order valence-corrected chi connectivity index (χ0v) is 19.3. The number of benzene rings is 2. The minimum atomic E-state index is -3.83. The van der Waals surface area contributed by atoms with Crippen molar-refractivity contribution in [3.8, 4) is 11.5 Å². The molecule has 0 saturated carbocycles. The van der Waals surface area contributed by atoms with Gasteiger partial charge in [0.15, 0.2) is 5.84 Å². The van der Waals surface area contributed by atoms with Crippen molar-refractivity contribution in [1.29, 1.82) is 0 Å². The number of fused-ring (bicyclic) bond motifs is 1. The van der Waals surface area contributed by atoms with Crippen LogP contribution in [0.3, 0.4) is 0 Å². The quantitative estimate of drug-likeness (QED) is 0.564. The van der Waals surface area contributed by atoms with Gasteiger partial charge in [0.1, 0.15) is 17.8 Å². The number of carbonyl (C=O) groups excluding carboxylic acids is 1. The highest BCUT2D eigenvalue weighted by molar-refractivity contribution is 7.91. The third-order valence-electron chi connectivity index (χ3n) is 5.98. The molecule has 1 fully saturated rings. The maximum Gasteiger partial charge on any atom is 0.344 e. The Morgan fingerprint density at radius 1 is 1.27 bits per heavy atom. The summed E-state index contributed by atoms with van der Waals surface area (Å²) in [5.74, 6) is 1.24. The fourth-order valence-corrected chi connectivity index (χ4v) is 5.20. The first-order valence-corrected chi connectivity index (χ1v) is 12.3. The van der Waals surface area contributed by atoms with E-state index in [4.69, 9.17) is 15.2 Å². The molecule has 2 aromatic rings. The van der Waals surface area contributed by atoms with Crippen molar-refractivity contribution in [2.75, 3.05) is 38.1 Å². The van der Waals surface area contributed by atoms with Gasteiger partial charge >= 0.3 is 10.2 Å². The van der Waals surface area contributed by atoms with Crippen molar-refractivity contribution < 1.29 is 22.7 Å². The molecule has 9 nitrogen and oxygen atoms in total. The van der Waals surface area contributed by atoms with E-state index >= 15 is 0 Å². The molecule has 33 heavy (non-hydrogen) atoms. The second-order valence-corrected chi connectivity index (χ2v) is 9.66. The summed E-state index contributed by atoms with van der Waals surface area (Å²) >= 11 is 0. The molecule has 0 aliphatic carbocycles. The number of hydrogen-bond donors (Lipinski definition) is 2. The Balaban J connectivity index is 1.38. The van der Waals surface area contributed by atoms with E-state index in [0.29, 0.717) is 30.2 Å². The van der Waals surface area contributed by atoms with E-state index < -0.39 is 10.2 Å². The number of nitrogens with one attached hydrogen (secondary N) is 1. The molecule has 0 amide bonds. The van der Waals surface area contributed by atoms with Crippen LogP contribution in [0, 0.1) is 5.92 Å². The molecule has 1 saturated heterocycles. The molecule has 2 aliphatic rings. The monoisotopic (exact) mass is 472 g/mol. The van der Waals surface area contributed by atoms with Crippen molar-refractivity contribution in [1.82, 2.24) is 4.90 Å². The molecule has 1 unspecified atom stereocenters. The van der Waals surface area contributed by atoms with Gasteiger partial charge in [-0.2, -0.15) is 8.42 Å². The van der Waals surface area contributed by atoms with Crippen molar-refractivity contribution in [2.24, 2.45) is 16.0 Å². The van der Waals surface area contributed by atoms with Gasteiger partial charge in [0, 0.05) is 19.0 Å². The van der Waals surface area contributed by atoms with Gasteiger partial charge in [0.25, 0.3) is 0 Å². The molecule has 10 heteroatoms. The molecule has 0 bridgehead atoms. The van der Waals surface area contributed by atoms with Crippen LogP contribution in [-0.4, -0.2) is 58.8 Å². The summed E-state index contributed by atoms with van der Waals surface area (Å²) in [5, 5.41) is 0. The first-order valence-electron chi connectivity index (χ1n) is 10.8. The minimum absolute atomic E-state index is 0.0852. The number of piperidine rings is 1. The van der Waals surface area contributed by atoms with E-state index in [0.717, 1.165) is 43.5 Å². The Hall–Kier alpha value is -3.11. The first kappa shape index (κ1) is 23.1. The third-order valence-corrected chi connectivity index (χ3v) is 6.90. The summed E-state index contributed by atoms with van der Waals surface area (Å²) in [4.78, 5) is 14.1. The number of anilines is 1. The fourth-order valence-electron chi connectivity index (χ4n) is 4.35. The molecular formula is C23H28N4O5S. The van der Waals surface area contributed by atoms with Gasteiger partial charge in [0.2, 0.25) is 0 Å². The molecule has 0 radical (unpaired) electrons. The topological polar surface area (TPSA) is 123 Å². The third kappa shape index (κ3) is 5.45. The lowest BCUT2D eigenvalue weighted by Crippen LogP contribution is -2.40. The van der Waals surface area contributed by atoms with E-state index in [2.05, 4.69) is 14.0 Å². The molecule has 3 N–H and O–H groups in total. The fraction of sp³-hybridized carbons (Fsp3) is 0.391. The van der Waals surface area contributed by atoms with Gasteiger partial charge in [-0.05, 0) is 49.2 Å². The molecule has 0 aromatic heterocycles. The van der Waals surface area contributed by atoms with Crippen molar-refractivity contribution in [2.45, 2.75) is 18.8 Å². The van der Waals surface area contributed by atoms with Crippen LogP contribution in [0.2, 0.25) is 0 Å². The standard InChI is InChI=1S/C23H28N4O5S/c1-31-19-9-7-17(8-10-19)18(14-28)13-27-11-3-4-16(12-27)15-32-21-6-2-5-20-22(21)23(24)26-33(29,30)25-20/h2,5-10,14,16,18,25H,3-4,11-13,15H2,1H3,(H2,24,26)/t16-,18?/m0/s1. The van der Waals surface area contributed by atoms with Gasteiger partial charge in [-0.25, -0.2) is 0 Å². The van der Waals surface area contributed by atoms with Crippen LogP contribution in [0.15, 0.2) is 46.9 Å². The van der Waals surface area contributed by atoms with Gasteiger partial charge in [0.05, 0.1) is 30.9 Å². The van der Waals surface area contributed by atoms with Gasteiger partial charge in [-0.3, -0.25) is 4.72 Å². The van der Waals surface area contributed by atoms with E-state index in [1.165, 1.54) is 0 Å². The molecule has 2 heterocycles. The average Bonchev–Trinajstić information content (AvgIpc) is 2.80. The number of methoxy groups -OCH3 is 1. The summed E-state index contributed by atoms with van der Waals surface area (Å²) in [6.45, 7) is 2.85. The molecule has 4 rings (SSSR count). The van der Waals surface area contributed by atoms with E-state index in [1.54, 1.807) is 25.3 Å². The number of carbonyl (C=O) groups is 1. The Morgan fingerprint density at radius 2 is 2.06 bits per heavy atom. The minimum Gasteiger partial charge on any atom is -0.497 e. The van der Waals surface area contributed by atoms with Crippen molar-refractivity contribution in [3.63, 3.8) is 0 Å². The Bertz CT molecular complexity index is 1130. The number of ether oxygens (including phenoxy) is 2. The van der Waals surface area contributed by atoms with E-state index in [-0.39, 0.29) is 17.7 Å².